The fourth-order valence-corrected chi connectivity index (χ4v) is 2.60. The first-order valence-electron chi connectivity index (χ1n) is 5.34. The molecule has 1 aromatic rings. The van der Waals surface area contributed by atoms with Crippen molar-refractivity contribution in [3.05, 3.63) is 23.8 Å². The van der Waals surface area contributed by atoms with Gasteiger partial charge in [-0.3, -0.25) is 4.79 Å². The minimum Gasteiger partial charge on any atom is -0.508 e. The Hall–Kier alpha value is -0.980. The zero-order chi connectivity index (χ0) is 13.0. The van der Waals surface area contributed by atoms with E-state index >= 15 is 0 Å². The van der Waals surface area contributed by atoms with Crippen LogP contribution in [0.3, 0.4) is 0 Å². The minimum atomic E-state index is -0.286. The maximum absolute atomic E-state index is 11.9. The van der Waals surface area contributed by atoms with Crippen LogP contribution in [-0.2, 0) is 0 Å². The van der Waals surface area contributed by atoms with E-state index in [0.29, 0.717) is 5.92 Å². The van der Waals surface area contributed by atoms with Crippen molar-refractivity contribution < 1.29 is 15.0 Å². The topological polar surface area (TPSA) is 69.6 Å². The maximum Gasteiger partial charge on any atom is 0.251 e. The summed E-state index contributed by atoms with van der Waals surface area (Å²) in [5, 5.41) is 21.5. The Morgan fingerprint density at radius 2 is 1.82 bits per heavy atom. The van der Waals surface area contributed by atoms with Crippen LogP contribution in [0.25, 0.3) is 0 Å². The van der Waals surface area contributed by atoms with E-state index in [4.69, 9.17) is 0 Å². The summed E-state index contributed by atoms with van der Waals surface area (Å²) in [6, 6.07) is 3.93. The molecule has 17 heavy (non-hydrogen) atoms. The molecular formula is C12H16INO3. The molecule has 0 saturated heterocycles. The number of amides is 1. The molecular weight excluding hydrogens is 333 g/mol. The second kappa shape index (κ2) is 6.09. The third kappa shape index (κ3) is 4.07. The molecule has 1 rings (SSSR count). The zero-order valence-electron chi connectivity index (χ0n) is 9.77. The Kier molecular flexibility index (Phi) is 5.04. The average molecular weight is 349 g/mol. The molecule has 0 spiro atoms. The number of alkyl halides is 1. The van der Waals surface area contributed by atoms with Gasteiger partial charge < -0.3 is 15.5 Å². The van der Waals surface area contributed by atoms with Gasteiger partial charge in [0.25, 0.3) is 5.91 Å². The SMILES string of the molecule is CC(C)C(CI)NC(=O)c1cc(O)cc(O)c1. The molecule has 94 valence electrons. The number of nitrogens with one attached hydrogen (secondary N) is 1. The normalized spacial score (nSPS) is 12.5. The van der Waals surface area contributed by atoms with Gasteiger partial charge in [-0.2, -0.15) is 0 Å². The molecule has 1 aromatic carbocycles. The Bertz CT molecular complexity index is 386. The maximum atomic E-state index is 11.9. The van der Waals surface area contributed by atoms with Crippen LogP contribution in [0.1, 0.15) is 24.2 Å². The highest BCUT2D eigenvalue weighted by molar-refractivity contribution is 14.1. The van der Waals surface area contributed by atoms with Gasteiger partial charge >= 0.3 is 0 Å². The summed E-state index contributed by atoms with van der Waals surface area (Å²) in [6.45, 7) is 4.06. The van der Waals surface area contributed by atoms with Crippen LogP contribution in [0, 0.1) is 5.92 Å². The number of hydrogen-bond acceptors (Lipinski definition) is 3. The van der Waals surface area contributed by atoms with Gasteiger partial charge in [0.2, 0.25) is 0 Å². The van der Waals surface area contributed by atoms with Crippen molar-refractivity contribution in [3.63, 3.8) is 0 Å². The highest BCUT2D eigenvalue weighted by Crippen LogP contribution is 2.20. The van der Waals surface area contributed by atoms with Crippen LogP contribution in [0.15, 0.2) is 18.2 Å². The van der Waals surface area contributed by atoms with Crippen LogP contribution in [-0.4, -0.2) is 26.6 Å². The summed E-state index contributed by atoms with van der Waals surface area (Å²) in [5.41, 5.74) is 0.262. The quantitative estimate of drug-likeness (QED) is 0.577. The number of benzene rings is 1. The van der Waals surface area contributed by atoms with E-state index in [1.54, 1.807) is 0 Å². The van der Waals surface area contributed by atoms with E-state index in [2.05, 4.69) is 27.9 Å². The summed E-state index contributed by atoms with van der Waals surface area (Å²) < 4.78 is 0.811. The van der Waals surface area contributed by atoms with Crippen LogP contribution >= 0.6 is 22.6 Å². The highest BCUT2D eigenvalue weighted by Gasteiger charge is 2.16. The lowest BCUT2D eigenvalue weighted by Gasteiger charge is -2.20. The lowest BCUT2D eigenvalue weighted by molar-refractivity contribution is 0.0931. The number of carbonyl (C=O) groups is 1. The molecule has 4 nitrogen and oxygen atoms in total. The highest BCUT2D eigenvalue weighted by atomic mass is 127. The Morgan fingerprint density at radius 3 is 2.24 bits per heavy atom. The van der Waals surface area contributed by atoms with Crippen molar-refractivity contribution in [3.8, 4) is 11.5 Å². The predicted molar refractivity (Wildman–Crippen MR) is 74.8 cm³/mol. The van der Waals surface area contributed by atoms with Gasteiger partial charge in [0.15, 0.2) is 0 Å². The zero-order valence-corrected chi connectivity index (χ0v) is 11.9. The van der Waals surface area contributed by atoms with Crippen molar-refractivity contribution in [2.45, 2.75) is 19.9 Å². The summed E-state index contributed by atoms with van der Waals surface area (Å²) in [5.74, 6) is -0.190. The second-order valence-corrected chi connectivity index (χ2v) is 5.10. The van der Waals surface area contributed by atoms with E-state index in [9.17, 15) is 15.0 Å². The lowest BCUT2D eigenvalue weighted by Crippen LogP contribution is -2.39. The Morgan fingerprint density at radius 1 is 1.29 bits per heavy atom. The predicted octanol–water partition coefficient (Wildman–Crippen LogP) is 2.29. The van der Waals surface area contributed by atoms with Crippen molar-refractivity contribution in [1.82, 2.24) is 5.32 Å². The van der Waals surface area contributed by atoms with E-state index in [1.165, 1.54) is 18.2 Å². The van der Waals surface area contributed by atoms with Gasteiger partial charge in [-0.05, 0) is 18.1 Å². The fraction of sp³-hybridized carbons (Fsp3) is 0.417. The molecule has 1 amide bonds. The molecule has 0 heterocycles. The van der Waals surface area contributed by atoms with Crippen LogP contribution in [0.5, 0.6) is 11.5 Å². The van der Waals surface area contributed by atoms with Crippen molar-refractivity contribution >= 4 is 28.5 Å². The molecule has 0 aromatic heterocycles. The number of rotatable bonds is 4. The average Bonchev–Trinajstić information content (AvgIpc) is 2.23. The van der Waals surface area contributed by atoms with Crippen LogP contribution in [0.2, 0.25) is 0 Å². The standard InChI is InChI=1S/C12H16INO3/c1-7(2)11(6-13)14-12(17)8-3-9(15)5-10(16)4-8/h3-5,7,11,15-16H,6H2,1-2H3,(H,14,17). The van der Waals surface area contributed by atoms with E-state index in [1.807, 2.05) is 13.8 Å². The van der Waals surface area contributed by atoms with Gasteiger partial charge in [-0.15, -0.1) is 0 Å². The largest absolute Gasteiger partial charge is 0.508 e. The van der Waals surface area contributed by atoms with Gasteiger partial charge in [0.1, 0.15) is 11.5 Å². The Balaban J connectivity index is 2.82. The summed E-state index contributed by atoms with van der Waals surface area (Å²) in [6.07, 6.45) is 0. The van der Waals surface area contributed by atoms with E-state index < -0.39 is 0 Å². The molecule has 0 fully saturated rings. The van der Waals surface area contributed by atoms with Crippen LogP contribution < -0.4 is 5.32 Å². The molecule has 0 radical (unpaired) electrons. The fourth-order valence-electron chi connectivity index (χ4n) is 1.36. The summed E-state index contributed by atoms with van der Waals surface area (Å²) in [4.78, 5) is 11.9. The number of hydrogen-bond donors (Lipinski definition) is 3. The number of phenols is 2. The molecule has 0 aliphatic rings. The van der Waals surface area contributed by atoms with Crippen molar-refractivity contribution in [2.24, 2.45) is 5.92 Å². The van der Waals surface area contributed by atoms with Gasteiger partial charge in [0.05, 0.1) is 0 Å². The molecule has 3 N–H and O–H groups in total. The van der Waals surface area contributed by atoms with Crippen molar-refractivity contribution in [2.75, 3.05) is 4.43 Å². The van der Waals surface area contributed by atoms with Gasteiger partial charge in [0, 0.05) is 22.1 Å². The monoisotopic (exact) mass is 349 g/mol. The van der Waals surface area contributed by atoms with E-state index in [-0.39, 0.29) is 29.0 Å². The van der Waals surface area contributed by atoms with Crippen LogP contribution in [0.4, 0.5) is 0 Å². The number of phenolic OH excluding ortho intramolecular Hbond substituents is 2. The Labute approximate surface area is 114 Å². The van der Waals surface area contributed by atoms with Crippen molar-refractivity contribution in [1.29, 1.82) is 0 Å². The first-order valence-corrected chi connectivity index (χ1v) is 6.86. The minimum absolute atomic E-state index is 0.0765. The number of carbonyl (C=O) groups excluding carboxylic acids is 1. The third-order valence-corrected chi connectivity index (χ3v) is 3.40. The number of aromatic hydroxyl groups is 2. The molecule has 0 bridgehead atoms. The molecule has 0 saturated carbocycles. The molecule has 1 atom stereocenters. The molecule has 0 aliphatic heterocycles. The molecule has 5 heteroatoms. The smallest absolute Gasteiger partial charge is 0.251 e. The van der Waals surface area contributed by atoms with E-state index in [0.717, 1.165) is 4.43 Å². The van der Waals surface area contributed by atoms with Gasteiger partial charge in [-0.25, -0.2) is 0 Å². The summed E-state index contributed by atoms with van der Waals surface area (Å²) in [7, 11) is 0. The third-order valence-electron chi connectivity index (χ3n) is 2.45. The molecule has 0 aliphatic carbocycles. The van der Waals surface area contributed by atoms with Gasteiger partial charge in [-0.1, -0.05) is 36.4 Å². The second-order valence-electron chi connectivity index (χ2n) is 4.22. The first kappa shape index (κ1) is 14.1. The summed E-state index contributed by atoms with van der Waals surface area (Å²) >= 11 is 2.22. The first-order chi connectivity index (χ1) is 7.93. The molecule has 1 unspecified atom stereocenters. The lowest BCUT2D eigenvalue weighted by atomic mass is 10.1. The number of halogens is 1.